The van der Waals surface area contributed by atoms with Crippen molar-refractivity contribution >= 4 is 17.5 Å². The maximum absolute atomic E-state index is 12.5. The van der Waals surface area contributed by atoms with Crippen molar-refractivity contribution in [2.75, 3.05) is 18.4 Å². The van der Waals surface area contributed by atoms with Gasteiger partial charge in [-0.3, -0.25) is 9.59 Å². The quantitative estimate of drug-likeness (QED) is 0.842. The molecule has 1 aromatic carbocycles. The lowest BCUT2D eigenvalue weighted by Crippen LogP contribution is -2.40. The summed E-state index contributed by atoms with van der Waals surface area (Å²) < 4.78 is 0. The molecule has 0 aromatic heterocycles. The third-order valence-electron chi connectivity index (χ3n) is 4.56. The van der Waals surface area contributed by atoms with Crippen molar-refractivity contribution in [1.29, 1.82) is 0 Å². The minimum absolute atomic E-state index is 0.00306. The summed E-state index contributed by atoms with van der Waals surface area (Å²) in [6, 6.07) is 3.56. The highest BCUT2D eigenvalue weighted by molar-refractivity contribution is 5.93. The average molecular weight is 318 g/mol. The number of nitrogens with one attached hydrogen (secondary N) is 1. The molecule has 1 fully saturated rings. The maximum Gasteiger partial charge on any atom is 0.227 e. The highest BCUT2D eigenvalue weighted by Crippen LogP contribution is 2.31. The van der Waals surface area contributed by atoms with Crippen molar-refractivity contribution < 1.29 is 14.7 Å². The van der Waals surface area contributed by atoms with E-state index in [4.69, 9.17) is 0 Å². The lowest BCUT2D eigenvalue weighted by atomic mass is 9.95. The second kappa shape index (κ2) is 7.02. The Morgan fingerprint density at radius 3 is 2.39 bits per heavy atom. The van der Waals surface area contributed by atoms with Gasteiger partial charge in [0.15, 0.2) is 0 Å². The monoisotopic (exact) mass is 318 g/mol. The van der Waals surface area contributed by atoms with Gasteiger partial charge < -0.3 is 15.3 Å². The molecule has 0 spiro atoms. The van der Waals surface area contributed by atoms with E-state index in [0.717, 1.165) is 16.8 Å². The molecular weight excluding hydrogens is 292 g/mol. The second-order valence-electron chi connectivity index (χ2n) is 6.65. The summed E-state index contributed by atoms with van der Waals surface area (Å²) in [5.41, 5.74) is 2.43. The number of amides is 2. The van der Waals surface area contributed by atoms with Gasteiger partial charge in [0, 0.05) is 31.6 Å². The number of nitrogens with zero attached hydrogens (tertiary/aromatic N) is 1. The first-order chi connectivity index (χ1) is 10.8. The third kappa shape index (κ3) is 4.03. The molecule has 1 heterocycles. The number of hydrogen-bond acceptors (Lipinski definition) is 3. The standard InChI is InChI=1S/C18H26N2O3/c1-11(2)15-10-16(12(3)9-17(15)22)19-18(23)14-5-7-20(8-6-14)13(4)21/h9-11,14,22H,5-8H2,1-4H3,(H,19,23). The summed E-state index contributed by atoms with van der Waals surface area (Å²) in [5.74, 6) is 0.452. The number of phenolic OH excluding ortho intramolecular Hbond substituents is 1. The molecule has 0 radical (unpaired) electrons. The van der Waals surface area contributed by atoms with E-state index in [9.17, 15) is 14.7 Å². The summed E-state index contributed by atoms with van der Waals surface area (Å²) in [5, 5.41) is 13.0. The van der Waals surface area contributed by atoms with Crippen molar-refractivity contribution in [3.8, 4) is 5.75 Å². The van der Waals surface area contributed by atoms with Crippen LogP contribution in [-0.2, 0) is 9.59 Å². The van der Waals surface area contributed by atoms with E-state index in [1.54, 1.807) is 17.9 Å². The smallest absolute Gasteiger partial charge is 0.227 e. The summed E-state index contributed by atoms with van der Waals surface area (Å²) in [4.78, 5) is 25.6. The van der Waals surface area contributed by atoms with Crippen LogP contribution in [0.5, 0.6) is 5.75 Å². The molecule has 2 rings (SSSR count). The molecule has 1 aromatic rings. The maximum atomic E-state index is 12.5. The van der Waals surface area contributed by atoms with Crippen LogP contribution in [0.3, 0.4) is 0 Å². The van der Waals surface area contributed by atoms with Gasteiger partial charge in [0.25, 0.3) is 0 Å². The zero-order chi connectivity index (χ0) is 17.1. The molecule has 1 saturated heterocycles. The van der Waals surface area contributed by atoms with Crippen molar-refractivity contribution in [3.63, 3.8) is 0 Å². The van der Waals surface area contributed by atoms with Crippen LogP contribution in [0.15, 0.2) is 12.1 Å². The van der Waals surface area contributed by atoms with Gasteiger partial charge in [0.1, 0.15) is 5.75 Å². The van der Waals surface area contributed by atoms with Crippen LogP contribution < -0.4 is 5.32 Å². The highest BCUT2D eigenvalue weighted by atomic mass is 16.3. The lowest BCUT2D eigenvalue weighted by Gasteiger charge is -2.30. The molecule has 0 aliphatic carbocycles. The van der Waals surface area contributed by atoms with E-state index in [0.29, 0.717) is 25.9 Å². The topological polar surface area (TPSA) is 69.6 Å². The van der Waals surface area contributed by atoms with Crippen LogP contribution in [0.2, 0.25) is 0 Å². The summed E-state index contributed by atoms with van der Waals surface area (Å²) in [6.07, 6.45) is 1.39. The molecule has 1 aliphatic rings. The Balaban J connectivity index is 2.06. The number of phenols is 1. The lowest BCUT2D eigenvalue weighted by molar-refractivity contribution is -0.132. The van der Waals surface area contributed by atoms with Gasteiger partial charge >= 0.3 is 0 Å². The molecule has 1 aliphatic heterocycles. The number of aromatic hydroxyl groups is 1. The minimum Gasteiger partial charge on any atom is -0.508 e. The van der Waals surface area contributed by atoms with E-state index >= 15 is 0 Å². The van der Waals surface area contributed by atoms with Crippen LogP contribution in [0, 0.1) is 12.8 Å². The number of likely N-dealkylation sites (tertiary alicyclic amines) is 1. The zero-order valence-electron chi connectivity index (χ0n) is 14.3. The molecule has 2 amide bonds. The Hall–Kier alpha value is -2.04. The number of benzene rings is 1. The Bertz CT molecular complexity index is 603. The van der Waals surface area contributed by atoms with Crippen LogP contribution in [0.25, 0.3) is 0 Å². The molecule has 2 N–H and O–H groups in total. The summed E-state index contributed by atoms with van der Waals surface area (Å²) in [6.45, 7) is 8.73. The Morgan fingerprint density at radius 1 is 1.26 bits per heavy atom. The fourth-order valence-corrected chi connectivity index (χ4v) is 3.00. The van der Waals surface area contributed by atoms with Gasteiger partial charge in [-0.15, -0.1) is 0 Å². The van der Waals surface area contributed by atoms with Gasteiger partial charge in [0.05, 0.1) is 0 Å². The van der Waals surface area contributed by atoms with Gasteiger partial charge in [-0.2, -0.15) is 0 Å². The minimum atomic E-state index is -0.0682. The van der Waals surface area contributed by atoms with Crippen molar-refractivity contribution in [2.45, 2.75) is 46.5 Å². The Morgan fingerprint density at radius 2 is 1.87 bits per heavy atom. The molecule has 5 heteroatoms. The van der Waals surface area contributed by atoms with Crippen LogP contribution in [0.4, 0.5) is 5.69 Å². The number of piperidine rings is 1. The first kappa shape index (κ1) is 17.3. The average Bonchev–Trinajstić information content (AvgIpc) is 2.49. The molecule has 0 unspecified atom stereocenters. The van der Waals surface area contributed by atoms with Crippen LogP contribution in [0.1, 0.15) is 50.7 Å². The SMILES string of the molecule is CC(=O)N1CCC(C(=O)Nc2cc(C(C)C)c(O)cc2C)CC1. The molecule has 5 nitrogen and oxygen atoms in total. The van der Waals surface area contributed by atoms with Crippen LogP contribution >= 0.6 is 0 Å². The molecular formula is C18H26N2O3. The number of anilines is 1. The normalized spacial score (nSPS) is 15.8. The fraction of sp³-hybridized carbons (Fsp3) is 0.556. The molecule has 23 heavy (non-hydrogen) atoms. The highest BCUT2D eigenvalue weighted by Gasteiger charge is 2.26. The number of rotatable bonds is 3. The Labute approximate surface area is 137 Å². The fourth-order valence-electron chi connectivity index (χ4n) is 3.00. The van der Waals surface area contributed by atoms with E-state index < -0.39 is 0 Å². The van der Waals surface area contributed by atoms with Crippen LogP contribution in [-0.4, -0.2) is 34.9 Å². The zero-order valence-corrected chi connectivity index (χ0v) is 14.3. The number of carbonyl (C=O) groups is 2. The number of hydrogen-bond donors (Lipinski definition) is 2. The predicted octanol–water partition coefficient (Wildman–Crippen LogP) is 3.02. The van der Waals surface area contributed by atoms with Gasteiger partial charge in [0.2, 0.25) is 11.8 Å². The Kier molecular flexibility index (Phi) is 5.29. The van der Waals surface area contributed by atoms with Gasteiger partial charge in [-0.1, -0.05) is 13.8 Å². The second-order valence-corrected chi connectivity index (χ2v) is 6.65. The van der Waals surface area contributed by atoms with E-state index in [-0.39, 0.29) is 29.4 Å². The van der Waals surface area contributed by atoms with Gasteiger partial charge in [-0.25, -0.2) is 0 Å². The summed E-state index contributed by atoms with van der Waals surface area (Å²) >= 11 is 0. The number of aryl methyl sites for hydroxylation is 1. The van der Waals surface area contributed by atoms with E-state index in [1.165, 1.54) is 0 Å². The first-order valence-electron chi connectivity index (χ1n) is 8.19. The largest absolute Gasteiger partial charge is 0.508 e. The van der Waals surface area contributed by atoms with Crippen molar-refractivity contribution in [2.24, 2.45) is 5.92 Å². The van der Waals surface area contributed by atoms with Crippen molar-refractivity contribution in [3.05, 3.63) is 23.3 Å². The number of carbonyl (C=O) groups excluding carboxylic acids is 2. The van der Waals surface area contributed by atoms with Crippen molar-refractivity contribution in [1.82, 2.24) is 4.90 Å². The summed E-state index contributed by atoms with van der Waals surface area (Å²) in [7, 11) is 0. The molecule has 0 saturated carbocycles. The molecule has 0 atom stereocenters. The molecule has 126 valence electrons. The first-order valence-corrected chi connectivity index (χ1v) is 8.19. The van der Waals surface area contributed by atoms with E-state index in [2.05, 4.69) is 5.32 Å². The van der Waals surface area contributed by atoms with Gasteiger partial charge in [-0.05, 0) is 48.9 Å². The predicted molar refractivity (Wildman–Crippen MR) is 90.5 cm³/mol. The van der Waals surface area contributed by atoms with E-state index in [1.807, 2.05) is 26.8 Å². The third-order valence-corrected chi connectivity index (χ3v) is 4.56. The molecule has 0 bridgehead atoms.